The molecule has 1 aromatic carbocycles. The molecule has 0 radical (unpaired) electrons. The van der Waals surface area contributed by atoms with E-state index in [1.807, 2.05) is 6.07 Å². The Morgan fingerprint density at radius 1 is 1.06 bits per heavy atom. The van der Waals surface area contributed by atoms with Crippen molar-refractivity contribution in [2.24, 2.45) is 0 Å². The van der Waals surface area contributed by atoms with Gasteiger partial charge in [0.05, 0.1) is 19.8 Å². The predicted octanol–water partition coefficient (Wildman–Crippen LogP) is 2.26. The van der Waals surface area contributed by atoms with Crippen LogP contribution in [0.1, 0.15) is 31.2 Å². The van der Waals surface area contributed by atoms with Crippen molar-refractivity contribution < 1.29 is 14.6 Å². The summed E-state index contributed by atoms with van der Waals surface area (Å²) in [6.45, 7) is 1.66. The van der Waals surface area contributed by atoms with Gasteiger partial charge in [-0.3, -0.25) is 0 Å². The average Bonchev–Trinajstić information content (AvgIpc) is 2.53. The van der Waals surface area contributed by atoms with Gasteiger partial charge in [0, 0.05) is 11.8 Å². The molecule has 1 aliphatic carbocycles. The highest BCUT2D eigenvalue weighted by atomic mass is 16.5. The van der Waals surface area contributed by atoms with E-state index in [2.05, 4.69) is 12.1 Å². The smallest absolute Gasteiger partial charge is 0.161 e. The third kappa shape index (κ3) is 1.78. The quantitative estimate of drug-likeness (QED) is 0.853. The van der Waals surface area contributed by atoms with Crippen molar-refractivity contribution in [3.05, 3.63) is 23.8 Å². The second kappa shape index (κ2) is 4.22. The van der Waals surface area contributed by atoms with Gasteiger partial charge in [0.1, 0.15) is 0 Å². The fourth-order valence-corrected chi connectivity index (χ4v) is 2.63. The summed E-state index contributed by atoms with van der Waals surface area (Å²) in [4.78, 5) is 0. The van der Waals surface area contributed by atoms with Crippen LogP contribution in [0.2, 0.25) is 0 Å². The number of hydrogen-bond donors (Lipinski definition) is 1. The lowest BCUT2D eigenvalue weighted by Gasteiger charge is -2.41. The summed E-state index contributed by atoms with van der Waals surface area (Å²) in [6.07, 6.45) is 4.27. The number of rotatable bonds is 2. The first-order chi connectivity index (χ1) is 8.34. The second-order valence-electron chi connectivity index (χ2n) is 5.00. The number of hydrogen-bond acceptors (Lipinski definition) is 3. The summed E-state index contributed by atoms with van der Waals surface area (Å²) in [6, 6.07) is 6.10. The van der Waals surface area contributed by atoms with Gasteiger partial charge >= 0.3 is 0 Å². The van der Waals surface area contributed by atoms with Crippen LogP contribution in [-0.2, 0) is 5.41 Å². The SMILES string of the molecule is OCC1(c2ccc3c(c2)OCCCO3)CCC1. The Morgan fingerprint density at radius 2 is 1.82 bits per heavy atom. The minimum Gasteiger partial charge on any atom is -0.490 e. The van der Waals surface area contributed by atoms with E-state index in [0.717, 1.165) is 37.4 Å². The van der Waals surface area contributed by atoms with E-state index in [-0.39, 0.29) is 12.0 Å². The average molecular weight is 234 g/mol. The molecule has 0 unspecified atom stereocenters. The molecule has 0 spiro atoms. The molecule has 3 nitrogen and oxygen atoms in total. The van der Waals surface area contributed by atoms with Gasteiger partial charge in [0.15, 0.2) is 11.5 Å². The Hall–Kier alpha value is -1.22. The molecule has 1 fully saturated rings. The van der Waals surface area contributed by atoms with Crippen molar-refractivity contribution in [2.45, 2.75) is 31.1 Å². The highest BCUT2D eigenvalue weighted by molar-refractivity contribution is 5.46. The zero-order chi connectivity index (χ0) is 11.7. The Bertz CT molecular complexity index is 404. The monoisotopic (exact) mass is 234 g/mol. The molecule has 0 amide bonds. The maximum Gasteiger partial charge on any atom is 0.161 e. The molecule has 0 bridgehead atoms. The molecule has 0 aromatic heterocycles. The summed E-state index contributed by atoms with van der Waals surface area (Å²) in [5.41, 5.74) is 1.17. The van der Waals surface area contributed by atoms with Gasteiger partial charge in [-0.05, 0) is 30.5 Å². The van der Waals surface area contributed by atoms with E-state index in [0.29, 0.717) is 6.61 Å². The van der Waals surface area contributed by atoms with Gasteiger partial charge in [0.2, 0.25) is 0 Å². The first-order valence-electron chi connectivity index (χ1n) is 6.35. The summed E-state index contributed by atoms with van der Waals surface area (Å²) >= 11 is 0. The highest BCUT2D eigenvalue weighted by Gasteiger charge is 2.38. The molecule has 1 aromatic rings. The van der Waals surface area contributed by atoms with Crippen molar-refractivity contribution in [1.82, 2.24) is 0 Å². The van der Waals surface area contributed by atoms with Crippen LogP contribution < -0.4 is 9.47 Å². The van der Waals surface area contributed by atoms with Crippen LogP contribution in [0.4, 0.5) is 0 Å². The third-order valence-corrected chi connectivity index (χ3v) is 3.97. The van der Waals surface area contributed by atoms with Crippen molar-refractivity contribution in [3.8, 4) is 11.5 Å². The number of fused-ring (bicyclic) bond motifs is 1. The second-order valence-corrected chi connectivity index (χ2v) is 5.00. The van der Waals surface area contributed by atoms with E-state index in [1.54, 1.807) is 0 Å². The van der Waals surface area contributed by atoms with Gasteiger partial charge in [0.25, 0.3) is 0 Å². The van der Waals surface area contributed by atoms with E-state index in [1.165, 1.54) is 12.0 Å². The van der Waals surface area contributed by atoms with Crippen LogP contribution in [0.3, 0.4) is 0 Å². The van der Waals surface area contributed by atoms with Gasteiger partial charge < -0.3 is 14.6 Å². The van der Waals surface area contributed by atoms with Crippen LogP contribution in [0.15, 0.2) is 18.2 Å². The molecule has 3 rings (SSSR count). The molecule has 1 aliphatic heterocycles. The number of ether oxygens (including phenoxy) is 2. The largest absolute Gasteiger partial charge is 0.490 e. The van der Waals surface area contributed by atoms with Gasteiger partial charge in [-0.2, -0.15) is 0 Å². The minimum absolute atomic E-state index is 0.0231. The van der Waals surface area contributed by atoms with Gasteiger partial charge in [-0.25, -0.2) is 0 Å². The molecule has 1 saturated carbocycles. The molecule has 17 heavy (non-hydrogen) atoms. The standard InChI is InChI=1S/C14H18O3/c15-10-14(5-1-6-14)11-3-4-12-13(9-11)17-8-2-7-16-12/h3-4,9,15H,1-2,5-8,10H2. The van der Waals surface area contributed by atoms with Gasteiger partial charge in [-0.1, -0.05) is 12.5 Å². The number of aliphatic hydroxyl groups is 1. The summed E-state index contributed by atoms with van der Waals surface area (Å²) in [5, 5.41) is 9.58. The van der Waals surface area contributed by atoms with Crippen LogP contribution in [0.5, 0.6) is 11.5 Å². The van der Waals surface area contributed by atoms with Crippen molar-refractivity contribution >= 4 is 0 Å². The third-order valence-electron chi connectivity index (χ3n) is 3.97. The maximum absolute atomic E-state index is 9.58. The zero-order valence-corrected chi connectivity index (χ0v) is 9.95. The zero-order valence-electron chi connectivity index (χ0n) is 9.95. The van der Waals surface area contributed by atoms with Crippen molar-refractivity contribution in [2.75, 3.05) is 19.8 Å². The molecule has 3 heteroatoms. The topological polar surface area (TPSA) is 38.7 Å². The lowest BCUT2D eigenvalue weighted by molar-refractivity contribution is 0.120. The first-order valence-corrected chi connectivity index (χ1v) is 6.35. The van der Waals surface area contributed by atoms with Crippen LogP contribution in [0, 0.1) is 0 Å². The summed E-state index contributed by atoms with van der Waals surface area (Å²) in [5.74, 6) is 1.67. The normalized spacial score (nSPS) is 21.5. The Morgan fingerprint density at radius 3 is 2.47 bits per heavy atom. The first kappa shape index (κ1) is 10.9. The fraction of sp³-hybridized carbons (Fsp3) is 0.571. The fourth-order valence-electron chi connectivity index (χ4n) is 2.63. The van der Waals surface area contributed by atoms with Crippen molar-refractivity contribution in [3.63, 3.8) is 0 Å². The number of benzene rings is 1. The molecule has 0 atom stereocenters. The Kier molecular flexibility index (Phi) is 2.71. The highest BCUT2D eigenvalue weighted by Crippen LogP contribution is 2.45. The lowest BCUT2D eigenvalue weighted by Crippen LogP contribution is -2.37. The number of aliphatic hydroxyl groups excluding tert-OH is 1. The van der Waals surface area contributed by atoms with E-state index >= 15 is 0 Å². The molecule has 0 saturated heterocycles. The van der Waals surface area contributed by atoms with E-state index in [4.69, 9.17) is 9.47 Å². The van der Waals surface area contributed by atoms with Crippen LogP contribution in [-0.4, -0.2) is 24.9 Å². The predicted molar refractivity (Wildman–Crippen MR) is 64.7 cm³/mol. The molecule has 1 heterocycles. The molecular weight excluding hydrogens is 216 g/mol. The van der Waals surface area contributed by atoms with Crippen LogP contribution in [0.25, 0.3) is 0 Å². The summed E-state index contributed by atoms with van der Waals surface area (Å²) < 4.78 is 11.3. The molecule has 1 N–H and O–H groups in total. The molecular formula is C14H18O3. The minimum atomic E-state index is -0.0231. The molecule has 92 valence electrons. The maximum atomic E-state index is 9.58. The van der Waals surface area contributed by atoms with Crippen LogP contribution >= 0.6 is 0 Å². The lowest BCUT2D eigenvalue weighted by atomic mass is 9.65. The van der Waals surface area contributed by atoms with Crippen molar-refractivity contribution in [1.29, 1.82) is 0 Å². The van der Waals surface area contributed by atoms with Gasteiger partial charge in [-0.15, -0.1) is 0 Å². The Labute approximate surface area is 101 Å². The summed E-state index contributed by atoms with van der Waals surface area (Å²) in [7, 11) is 0. The molecule has 2 aliphatic rings. The Balaban J connectivity index is 1.94. The van der Waals surface area contributed by atoms with E-state index < -0.39 is 0 Å². The van der Waals surface area contributed by atoms with E-state index in [9.17, 15) is 5.11 Å².